The number of cyclic esters (lactones) is 1. The van der Waals surface area contributed by atoms with Gasteiger partial charge in [-0.1, -0.05) is 5.16 Å². The lowest BCUT2D eigenvalue weighted by atomic mass is 10.1. The van der Waals surface area contributed by atoms with Crippen LogP contribution in [-0.2, 0) is 14.3 Å². The molecule has 4 rings (SSSR count). The van der Waals surface area contributed by atoms with E-state index in [1.165, 1.54) is 29.0 Å². The van der Waals surface area contributed by atoms with E-state index in [0.717, 1.165) is 17.0 Å². The van der Waals surface area contributed by atoms with Crippen molar-refractivity contribution < 1.29 is 42.0 Å². The normalized spacial score (nSPS) is 18.0. The van der Waals surface area contributed by atoms with Crippen LogP contribution < -0.4 is 20.4 Å². The van der Waals surface area contributed by atoms with Crippen LogP contribution in [0.15, 0.2) is 28.9 Å². The molecule has 210 valence electrons. The summed E-state index contributed by atoms with van der Waals surface area (Å²) in [6.45, 7) is 3.97. The van der Waals surface area contributed by atoms with Crippen molar-refractivity contribution in [3.05, 3.63) is 41.8 Å². The summed E-state index contributed by atoms with van der Waals surface area (Å²) in [5.41, 5.74) is -0.298. The first-order valence-electron chi connectivity index (χ1n) is 12.3. The summed E-state index contributed by atoms with van der Waals surface area (Å²) >= 11 is 0. The number of alkyl carbamates (subject to hydrolysis) is 1. The third-order valence-corrected chi connectivity index (χ3v) is 6.22. The Kier molecular flexibility index (Phi) is 8.46. The molecule has 0 spiro atoms. The number of hydrogen-bond acceptors (Lipinski definition) is 9. The molecule has 0 saturated carbocycles. The molecule has 13 nitrogen and oxygen atoms in total. The fraction of sp³-hybridized carbons (Fsp3) is 0.458. The number of benzene rings is 1. The number of rotatable bonds is 8. The number of nitrogens with zero attached hydrogens (tertiary/aromatic N) is 4. The predicted octanol–water partition coefficient (Wildman–Crippen LogP) is 1.49. The highest BCUT2D eigenvalue weighted by molar-refractivity contribution is 5.95. The van der Waals surface area contributed by atoms with Crippen LogP contribution in [0.3, 0.4) is 0 Å². The van der Waals surface area contributed by atoms with Crippen LogP contribution in [0.4, 0.5) is 29.7 Å². The zero-order valence-corrected chi connectivity index (χ0v) is 21.3. The first-order chi connectivity index (χ1) is 18.7. The Morgan fingerprint density at radius 1 is 1.18 bits per heavy atom. The second-order valence-corrected chi connectivity index (χ2v) is 8.86. The van der Waals surface area contributed by atoms with Gasteiger partial charge in [0, 0.05) is 44.4 Å². The number of carbonyl (C=O) groups excluding carboxylic acids is 4. The maximum atomic E-state index is 15.1. The van der Waals surface area contributed by atoms with Gasteiger partial charge in [-0.3, -0.25) is 14.5 Å². The first kappa shape index (κ1) is 27.6. The monoisotopic (exact) mass is 550 g/mol. The van der Waals surface area contributed by atoms with E-state index in [0.29, 0.717) is 0 Å². The van der Waals surface area contributed by atoms with Gasteiger partial charge in [0.25, 0.3) is 5.91 Å². The van der Waals surface area contributed by atoms with E-state index >= 15 is 8.78 Å². The average molecular weight is 551 g/mol. The van der Waals surface area contributed by atoms with E-state index in [-0.39, 0.29) is 68.9 Å². The summed E-state index contributed by atoms with van der Waals surface area (Å²) in [6, 6.07) is 2.60. The molecule has 3 heterocycles. The third-order valence-electron chi connectivity index (χ3n) is 6.22. The van der Waals surface area contributed by atoms with E-state index in [2.05, 4.69) is 15.8 Å². The molecule has 4 amide bonds. The minimum atomic E-state index is -0.877. The highest BCUT2D eigenvalue weighted by Gasteiger charge is 2.35. The molecule has 1 aromatic carbocycles. The molecule has 0 radical (unpaired) electrons. The minimum Gasteiger partial charge on any atom is -0.450 e. The molecule has 15 heteroatoms. The molecule has 2 aromatic rings. The predicted molar refractivity (Wildman–Crippen MR) is 131 cm³/mol. The largest absolute Gasteiger partial charge is 0.450 e. The molecule has 2 fully saturated rings. The Morgan fingerprint density at radius 3 is 2.49 bits per heavy atom. The number of nitrogens with one attached hydrogen (secondary N) is 2. The summed E-state index contributed by atoms with van der Waals surface area (Å²) < 4.78 is 44.9. The fourth-order valence-corrected chi connectivity index (χ4v) is 4.31. The van der Waals surface area contributed by atoms with E-state index in [4.69, 9.17) is 14.0 Å². The van der Waals surface area contributed by atoms with Crippen LogP contribution in [-0.4, -0.2) is 92.1 Å². The molecule has 0 bridgehead atoms. The lowest BCUT2D eigenvalue weighted by Gasteiger charge is -2.37. The molecule has 2 atom stereocenters. The minimum absolute atomic E-state index is 0.0184. The number of aromatic nitrogens is 1. The topological polar surface area (TPSA) is 147 Å². The Bertz CT molecular complexity index is 1200. The maximum absolute atomic E-state index is 15.1. The van der Waals surface area contributed by atoms with Crippen molar-refractivity contribution in [2.45, 2.75) is 26.0 Å². The maximum Gasteiger partial charge on any atom is 0.414 e. The number of carbonyl (C=O) groups is 4. The average Bonchev–Trinajstić information content (AvgIpc) is 3.57. The van der Waals surface area contributed by atoms with Crippen molar-refractivity contribution in [3.63, 3.8) is 0 Å². The highest BCUT2D eigenvalue weighted by Crippen LogP contribution is 2.31. The molecule has 0 aliphatic carbocycles. The van der Waals surface area contributed by atoms with Crippen LogP contribution >= 0.6 is 0 Å². The smallest absolute Gasteiger partial charge is 0.414 e. The zero-order chi connectivity index (χ0) is 28.1. The lowest BCUT2D eigenvalue weighted by molar-refractivity contribution is -0.133. The molecule has 0 unspecified atom stereocenters. The van der Waals surface area contributed by atoms with Gasteiger partial charge in [-0.15, -0.1) is 0 Å². The van der Waals surface area contributed by atoms with Gasteiger partial charge in [0.05, 0.1) is 31.6 Å². The molecule has 2 N–H and O–H groups in total. The fourth-order valence-electron chi connectivity index (χ4n) is 4.31. The van der Waals surface area contributed by atoms with Crippen molar-refractivity contribution in [3.8, 4) is 0 Å². The van der Waals surface area contributed by atoms with Crippen molar-refractivity contribution in [2.24, 2.45) is 0 Å². The Balaban J connectivity index is 1.33. The van der Waals surface area contributed by atoms with Gasteiger partial charge in [0.2, 0.25) is 11.7 Å². The Labute approximate surface area is 221 Å². The standard InChI is InChI=1S/C24H28F2N6O7/c1-3-37-23(35)27-12-16-13-32(24(36)38-16)15-10-17(25)20(18(26)11-15)30-6-8-31(9-7-30)22(34)14(2)29-21(33)19-4-5-28-39-19/h4-5,10-11,14,16H,3,6-9,12-13H2,1-2H3,(H,27,35)(H,29,33)/t14-,16-/m0/s1. The number of amides is 4. The van der Waals surface area contributed by atoms with Gasteiger partial charge in [-0.25, -0.2) is 18.4 Å². The quantitative estimate of drug-likeness (QED) is 0.499. The van der Waals surface area contributed by atoms with Gasteiger partial charge in [0.1, 0.15) is 17.8 Å². The van der Waals surface area contributed by atoms with Gasteiger partial charge in [-0.05, 0) is 13.8 Å². The summed E-state index contributed by atoms with van der Waals surface area (Å²) in [5, 5.41) is 8.43. The van der Waals surface area contributed by atoms with E-state index in [9.17, 15) is 19.2 Å². The van der Waals surface area contributed by atoms with Crippen molar-refractivity contribution in [2.75, 3.05) is 55.7 Å². The summed E-state index contributed by atoms with van der Waals surface area (Å²) in [6.07, 6.45) is -0.874. The zero-order valence-electron chi connectivity index (χ0n) is 21.3. The van der Waals surface area contributed by atoms with Crippen LogP contribution in [0.1, 0.15) is 24.4 Å². The second-order valence-electron chi connectivity index (χ2n) is 8.86. The van der Waals surface area contributed by atoms with Gasteiger partial charge >= 0.3 is 12.2 Å². The Hall–Kier alpha value is -4.43. The summed E-state index contributed by atoms with van der Waals surface area (Å²) in [7, 11) is 0. The van der Waals surface area contributed by atoms with Crippen molar-refractivity contribution >= 4 is 35.4 Å². The number of hydrogen-bond donors (Lipinski definition) is 2. The summed E-state index contributed by atoms with van der Waals surface area (Å²) in [5.74, 6) is -2.71. The van der Waals surface area contributed by atoms with Crippen molar-refractivity contribution in [1.29, 1.82) is 0 Å². The van der Waals surface area contributed by atoms with Crippen LogP contribution in [0.25, 0.3) is 0 Å². The van der Waals surface area contributed by atoms with Gasteiger partial charge in [-0.2, -0.15) is 0 Å². The second kappa shape index (κ2) is 12.0. The van der Waals surface area contributed by atoms with Crippen LogP contribution in [0.2, 0.25) is 0 Å². The molecule has 2 aliphatic rings. The van der Waals surface area contributed by atoms with E-state index in [1.807, 2.05) is 0 Å². The highest BCUT2D eigenvalue weighted by atomic mass is 19.1. The number of anilines is 2. The molecule has 39 heavy (non-hydrogen) atoms. The third kappa shape index (κ3) is 6.35. The number of halogens is 2. The summed E-state index contributed by atoms with van der Waals surface area (Å²) in [4.78, 5) is 52.7. The molecule has 2 aliphatic heterocycles. The number of ether oxygens (including phenoxy) is 2. The molecule has 2 saturated heterocycles. The van der Waals surface area contributed by atoms with E-state index in [1.54, 1.807) is 6.92 Å². The molecule has 1 aromatic heterocycles. The molecular formula is C24H28F2N6O7. The molecular weight excluding hydrogens is 522 g/mol. The number of piperazine rings is 1. The van der Waals surface area contributed by atoms with E-state index < -0.39 is 41.9 Å². The van der Waals surface area contributed by atoms with Gasteiger partial charge in [0.15, 0.2) is 11.6 Å². The van der Waals surface area contributed by atoms with Gasteiger partial charge < -0.3 is 34.4 Å². The van der Waals surface area contributed by atoms with Crippen LogP contribution in [0.5, 0.6) is 0 Å². The SMILES string of the molecule is CCOC(=O)NC[C@H]1CN(c2cc(F)c(N3CCN(C(=O)[C@H](C)NC(=O)c4ccno4)CC3)c(F)c2)C(=O)O1. The van der Waals surface area contributed by atoms with Crippen molar-refractivity contribution in [1.82, 2.24) is 20.7 Å². The lowest BCUT2D eigenvalue weighted by Crippen LogP contribution is -2.54. The van der Waals surface area contributed by atoms with Crippen LogP contribution in [0, 0.1) is 11.6 Å². The first-order valence-corrected chi connectivity index (χ1v) is 12.3. The Morgan fingerprint density at radius 2 is 1.87 bits per heavy atom.